The Labute approximate surface area is 188 Å². The summed E-state index contributed by atoms with van der Waals surface area (Å²) in [6.07, 6.45) is 0. The van der Waals surface area contributed by atoms with Crippen LogP contribution in [0.4, 0.5) is 0 Å². The summed E-state index contributed by atoms with van der Waals surface area (Å²) in [6, 6.07) is 16.4. The highest BCUT2D eigenvalue weighted by Crippen LogP contribution is 2.26. The fourth-order valence-electron chi connectivity index (χ4n) is 4.42. The van der Waals surface area contributed by atoms with E-state index >= 15 is 0 Å². The van der Waals surface area contributed by atoms with Crippen LogP contribution in [0.5, 0.6) is 0 Å². The van der Waals surface area contributed by atoms with Gasteiger partial charge in [-0.05, 0) is 48.5 Å². The van der Waals surface area contributed by atoms with Crippen LogP contribution >= 0.6 is 0 Å². The van der Waals surface area contributed by atoms with E-state index in [1.165, 1.54) is 0 Å². The Bertz CT molecular complexity index is 1460. The predicted octanol–water partition coefficient (Wildman–Crippen LogP) is 2.80. The van der Waals surface area contributed by atoms with Crippen LogP contribution in [0.2, 0.25) is 0 Å². The Balaban J connectivity index is 1.21. The van der Waals surface area contributed by atoms with Crippen molar-refractivity contribution in [3.8, 4) is 23.0 Å². The van der Waals surface area contributed by atoms with E-state index < -0.39 is 0 Å². The van der Waals surface area contributed by atoms with Gasteiger partial charge in [-0.25, -0.2) is 9.97 Å². The Morgan fingerprint density at radius 2 is 1.09 bits per heavy atom. The number of imidazole rings is 2. The maximum Gasteiger partial charge on any atom is 0.154 e. The third-order valence-corrected chi connectivity index (χ3v) is 6.06. The quantitative estimate of drug-likeness (QED) is 0.298. The summed E-state index contributed by atoms with van der Waals surface area (Å²) in [5, 5.41) is 6.63. The van der Waals surface area contributed by atoms with Crippen LogP contribution in [0, 0.1) is 0 Å². The van der Waals surface area contributed by atoms with Crippen LogP contribution in [0.25, 0.3) is 45.1 Å². The van der Waals surface area contributed by atoms with Crippen molar-refractivity contribution in [3.63, 3.8) is 0 Å². The lowest BCUT2D eigenvalue weighted by molar-refractivity contribution is 0.960. The summed E-state index contributed by atoms with van der Waals surface area (Å²) in [5.74, 6) is 3.46. The van der Waals surface area contributed by atoms with Crippen LogP contribution in [0.15, 0.2) is 58.5 Å². The zero-order valence-electron chi connectivity index (χ0n) is 17.7. The lowest BCUT2D eigenvalue weighted by Gasteiger charge is -2.01. The lowest BCUT2D eigenvalue weighted by Crippen LogP contribution is -2.19. The molecule has 0 amide bonds. The van der Waals surface area contributed by atoms with Gasteiger partial charge in [-0.1, -0.05) is 0 Å². The van der Waals surface area contributed by atoms with Gasteiger partial charge in [0.05, 0.1) is 46.5 Å². The first-order chi connectivity index (χ1) is 16.3. The molecule has 2 aliphatic heterocycles. The van der Waals surface area contributed by atoms with E-state index in [4.69, 9.17) is 9.97 Å². The van der Waals surface area contributed by atoms with E-state index in [0.717, 1.165) is 94.1 Å². The molecule has 0 bridgehead atoms. The highest BCUT2D eigenvalue weighted by molar-refractivity contribution is 6.03. The summed E-state index contributed by atoms with van der Waals surface area (Å²) in [6.45, 7) is 3.41. The van der Waals surface area contributed by atoms with E-state index in [1.807, 2.05) is 24.3 Å². The number of hydrogen-bond donors (Lipinski definition) is 5. The number of aliphatic imine (C=N–C) groups is 2. The van der Waals surface area contributed by atoms with Crippen molar-refractivity contribution in [1.82, 2.24) is 35.6 Å². The SMILES string of the molecule is c1cc2[nH]c(-c3ccc(-c4nc5cc(C6=NCCN6)ccc5[nH]4)[nH]3)nc2cc1C1=NCCN1. The standard InChI is InChI=1S/C24H21N9/c1-3-15-19(11-13(1)21-25-7-8-26-21)32-23(30-15)17-5-6-18(29-17)24-31-16-4-2-14(12-20(16)33-24)22-27-9-10-28-22/h1-6,11-12,29H,7-10H2,(H,25,26)(H,27,28)(H,30,32)(H,31,33). The number of H-pyrrole nitrogens is 3. The summed E-state index contributed by atoms with van der Waals surface area (Å²) in [5.41, 5.74) is 7.74. The molecular weight excluding hydrogens is 414 g/mol. The number of aromatic nitrogens is 5. The van der Waals surface area contributed by atoms with Crippen molar-refractivity contribution in [3.05, 3.63) is 59.7 Å². The number of benzene rings is 2. The normalized spacial score (nSPS) is 15.6. The Kier molecular flexibility index (Phi) is 3.89. The smallest absolute Gasteiger partial charge is 0.154 e. The van der Waals surface area contributed by atoms with Gasteiger partial charge in [-0.3, -0.25) is 9.98 Å². The molecule has 2 aromatic carbocycles. The maximum absolute atomic E-state index is 4.80. The first-order valence-electron chi connectivity index (χ1n) is 11.1. The second kappa shape index (κ2) is 7.06. The zero-order valence-corrected chi connectivity index (χ0v) is 17.7. The molecule has 2 aliphatic rings. The summed E-state index contributed by atoms with van der Waals surface area (Å²) < 4.78 is 0. The minimum absolute atomic E-state index is 0.790. The molecule has 0 atom stereocenters. The number of hydrogen-bond acceptors (Lipinski definition) is 6. The Hall–Kier alpha value is -4.40. The van der Waals surface area contributed by atoms with Crippen molar-refractivity contribution >= 4 is 33.7 Å². The minimum Gasteiger partial charge on any atom is -0.368 e. The van der Waals surface area contributed by atoms with E-state index in [2.05, 4.69) is 59.8 Å². The molecule has 0 fully saturated rings. The van der Waals surface area contributed by atoms with Crippen molar-refractivity contribution < 1.29 is 0 Å². The van der Waals surface area contributed by atoms with Gasteiger partial charge in [0.25, 0.3) is 0 Å². The van der Waals surface area contributed by atoms with Gasteiger partial charge < -0.3 is 25.6 Å². The molecule has 0 aliphatic carbocycles. The van der Waals surface area contributed by atoms with Crippen molar-refractivity contribution in [2.75, 3.05) is 26.2 Å². The van der Waals surface area contributed by atoms with Crippen LogP contribution in [-0.4, -0.2) is 62.8 Å². The molecule has 5 aromatic rings. The average Bonchev–Trinajstić information content (AvgIpc) is 3.68. The van der Waals surface area contributed by atoms with Crippen molar-refractivity contribution in [2.45, 2.75) is 0 Å². The van der Waals surface area contributed by atoms with Crippen LogP contribution < -0.4 is 10.6 Å². The largest absolute Gasteiger partial charge is 0.368 e. The highest BCUT2D eigenvalue weighted by Gasteiger charge is 2.15. The van der Waals surface area contributed by atoms with Crippen LogP contribution in [0.3, 0.4) is 0 Å². The van der Waals surface area contributed by atoms with E-state index in [-0.39, 0.29) is 0 Å². The van der Waals surface area contributed by atoms with Gasteiger partial charge in [0.2, 0.25) is 0 Å². The highest BCUT2D eigenvalue weighted by atomic mass is 15.1. The molecule has 7 rings (SSSR count). The van der Waals surface area contributed by atoms with Crippen molar-refractivity contribution in [2.24, 2.45) is 9.98 Å². The first kappa shape index (κ1) is 18.2. The minimum atomic E-state index is 0.790. The monoisotopic (exact) mass is 435 g/mol. The fourth-order valence-corrected chi connectivity index (χ4v) is 4.42. The first-order valence-corrected chi connectivity index (χ1v) is 11.1. The van der Waals surface area contributed by atoms with E-state index in [1.54, 1.807) is 0 Å². The molecule has 0 saturated carbocycles. The molecule has 0 saturated heterocycles. The molecule has 3 aromatic heterocycles. The van der Waals surface area contributed by atoms with Crippen LogP contribution in [-0.2, 0) is 0 Å². The number of nitrogens with zero attached hydrogens (tertiary/aromatic N) is 4. The van der Waals surface area contributed by atoms with Gasteiger partial charge in [-0.2, -0.15) is 0 Å². The summed E-state index contributed by atoms with van der Waals surface area (Å²) >= 11 is 0. The Morgan fingerprint density at radius 1 is 0.576 bits per heavy atom. The lowest BCUT2D eigenvalue weighted by atomic mass is 10.2. The van der Waals surface area contributed by atoms with Crippen LogP contribution in [0.1, 0.15) is 11.1 Å². The van der Waals surface area contributed by atoms with E-state index in [9.17, 15) is 0 Å². The number of nitrogens with one attached hydrogen (secondary N) is 5. The second-order valence-corrected chi connectivity index (χ2v) is 8.23. The molecule has 9 nitrogen and oxygen atoms in total. The van der Waals surface area contributed by atoms with Gasteiger partial charge in [0, 0.05) is 24.2 Å². The molecular formula is C24H21N9. The molecule has 0 spiro atoms. The second-order valence-electron chi connectivity index (χ2n) is 8.23. The topological polar surface area (TPSA) is 122 Å². The van der Waals surface area contributed by atoms with Gasteiger partial charge in [-0.15, -0.1) is 0 Å². The molecule has 0 unspecified atom stereocenters. The maximum atomic E-state index is 4.80. The van der Waals surface area contributed by atoms with Gasteiger partial charge >= 0.3 is 0 Å². The molecule has 33 heavy (non-hydrogen) atoms. The summed E-state index contributed by atoms with van der Waals surface area (Å²) in [4.78, 5) is 28.9. The van der Waals surface area contributed by atoms with Gasteiger partial charge in [0.15, 0.2) is 11.6 Å². The molecule has 0 radical (unpaired) electrons. The summed E-state index contributed by atoms with van der Waals surface area (Å²) in [7, 11) is 0. The number of fused-ring (bicyclic) bond motifs is 2. The molecule has 5 heterocycles. The molecule has 162 valence electrons. The number of rotatable bonds is 4. The number of amidine groups is 2. The Morgan fingerprint density at radius 3 is 1.55 bits per heavy atom. The van der Waals surface area contributed by atoms with Crippen molar-refractivity contribution in [1.29, 1.82) is 0 Å². The molecule has 5 N–H and O–H groups in total. The predicted molar refractivity (Wildman–Crippen MR) is 130 cm³/mol. The third kappa shape index (κ3) is 3.08. The molecule has 9 heteroatoms. The average molecular weight is 435 g/mol. The zero-order chi connectivity index (χ0) is 21.8. The van der Waals surface area contributed by atoms with Gasteiger partial charge in [0.1, 0.15) is 11.7 Å². The fraction of sp³-hybridized carbons (Fsp3) is 0.167. The van der Waals surface area contributed by atoms with E-state index in [0.29, 0.717) is 0 Å². The number of aromatic amines is 3. The third-order valence-electron chi connectivity index (χ3n) is 6.06.